The SMILES string of the molecule is Cc1cc(C(=O)N2CCC3(C2)CN(C)S(=O)(=O)c2ccccc2O3)cc(C)n1. The van der Waals surface area contributed by atoms with Gasteiger partial charge in [0.15, 0.2) is 0 Å². The fourth-order valence-corrected chi connectivity index (χ4v) is 5.40. The van der Waals surface area contributed by atoms with E-state index in [-0.39, 0.29) is 17.3 Å². The van der Waals surface area contributed by atoms with Crippen LogP contribution in [0.15, 0.2) is 41.3 Å². The third-order valence-corrected chi connectivity index (χ3v) is 7.15. The Morgan fingerprint density at radius 3 is 2.54 bits per heavy atom. The predicted octanol–water partition coefficient (Wildman–Crippen LogP) is 2.00. The quantitative estimate of drug-likeness (QED) is 0.730. The second kappa shape index (κ2) is 6.56. The Balaban J connectivity index is 1.65. The van der Waals surface area contributed by atoms with Gasteiger partial charge in [0.05, 0.1) is 13.1 Å². The lowest BCUT2D eigenvalue weighted by molar-refractivity contribution is 0.0544. The molecule has 1 fully saturated rings. The molecular formula is C20H23N3O4S. The van der Waals surface area contributed by atoms with Crippen LogP contribution in [0.3, 0.4) is 0 Å². The van der Waals surface area contributed by atoms with Crippen LogP contribution in [0.1, 0.15) is 28.2 Å². The molecule has 1 aromatic heterocycles. The normalized spacial score (nSPS) is 23.9. The number of likely N-dealkylation sites (N-methyl/N-ethyl adjacent to an activating group) is 1. The third kappa shape index (κ3) is 3.16. The van der Waals surface area contributed by atoms with Crippen LogP contribution in [-0.4, -0.2) is 60.8 Å². The number of nitrogens with zero attached hydrogens (tertiary/aromatic N) is 3. The maximum absolute atomic E-state index is 13.0. The number of para-hydroxylation sites is 1. The number of aryl methyl sites for hydroxylation is 2. The summed E-state index contributed by atoms with van der Waals surface area (Å²) in [6.07, 6.45) is 0.565. The first kappa shape index (κ1) is 18.9. The van der Waals surface area contributed by atoms with E-state index < -0.39 is 15.6 Å². The molecule has 1 unspecified atom stereocenters. The van der Waals surface area contributed by atoms with Crippen LogP contribution in [0, 0.1) is 13.8 Å². The molecule has 1 aromatic carbocycles. The summed E-state index contributed by atoms with van der Waals surface area (Å²) >= 11 is 0. The number of pyridine rings is 1. The van der Waals surface area contributed by atoms with Crippen LogP contribution in [0.4, 0.5) is 0 Å². The van der Waals surface area contributed by atoms with Gasteiger partial charge in [-0.15, -0.1) is 0 Å². The molecule has 0 saturated carbocycles. The van der Waals surface area contributed by atoms with E-state index in [0.717, 1.165) is 11.4 Å². The topological polar surface area (TPSA) is 79.8 Å². The average Bonchev–Trinajstić information content (AvgIpc) is 3.00. The summed E-state index contributed by atoms with van der Waals surface area (Å²) < 4.78 is 33.2. The number of hydrogen-bond acceptors (Lipinski definition) is 5. The van der Waals surface area contributed by atoms with Gasteiger partial charge >= 0.3 is 0 Å². The molecule has 0 bridgehead atoms. The largest absolute Gasteiger partial charge is 0.483 e. The van der Waals surface area contributed by atoms with Gasteiger partial charge < -0.3 is 9.64 Å². The molecule has 148 valence electrons. The standard InChI is InChI=1S/C20H23N3O4S/c1-14-10-16(11-15(2)21-14)19(24)23-9-8-20(13-23)12-22(3)28(25,26)18-7-5-4-6-17(18)27-20/h4-7,10-11H,8-9,12-13H2,1-3H3. The van der Waals surface area contributed by atoms with Crippen molar-refractivity contribution in [2.45, 2.75) is 30.8 Å². The number of benzene rings is 1. The molecule has 0 aliphatic carbocycles. The maximum Gasteiger partial charge on any atom is 0.254 e. The van der Waals surface area contributed by atoms with Gasteiger partial charge in [0, 0.05) is 37.0 Å². The van der Waals surface area contributed by atoms with Crippen molar-refractivity contribution in [2.75, 3.05) is 26.7 Å². The predicted molar refractivity (Wildman–Crippen MR) is 104 cm³/mol. The number of ether oxygens (including phenoxy) is 1. The molecule has 4 rings (SSSR count). The second-order valence-corrected chi connectivity index (χ2v) is 9.62. The Morgan fingerprint density at radius 1 is 1.14 bits per heavy atom. The number of aromatic nitrogens is 1. The molecule has 28 heavy (non-hydrogen) atoms. The average molecular weight is 401 g/mol. The minimum Gasteiger partial charge on any atom is -0.483 e. The molecule has 2 aliphatic heterocycles. The number of rotatable bonds is 1. The molecule has 8 heteroatoms. The van der Waals surface area contributed by atoms with Gasteiger partial charge in [0.2, 0.25) is 10.0 Å². The molecule has 3 heterocycles. The molecule has 1 atom stereocenters. The monoisotopic (exact) mass is 401 g/mol. The van der Waals surface area contributed by atoms with Crippen molar-refractivity contribution < 1.29 is 17.9 Å². The maximum atomic E-state index is 13.0. The highest BCUT2D eigenvalue weighted by atomic mass is 32.2. The summed E-state index contributed by atoms with van der Waals surface area (Å²) in [6.45, 7) is 4.76. The highest BCUT2D eigenvalue weighted by Gasteiger charge is 2.47. The van der Waals surface area contributed by atoms with Gasteiger partial charge in [-0.2, -0.15) is 4.31 Å². The minimum absolute atomic E-state index is 0.0860. The summed E-state index contributed by atoms with van der Waals surface area (Å²) in [6, 6.07) is 10.2. The fraction of sp³-hybridized carbons (Fsp3) is 0.400. The molecular weight excluding hydrogens is 378 g/mol. The van der Waals surface area contributed by atoms with E-state index in [1.54, 1.807) is 48.3 Å². The molecule has 0 N–H and O–H groups in total. The van der Waals surface area contributed by atoms with Crippen LogP contribution in [0.25, 0.3) is 0 Å². The molecule has 1 saturated heterocycles. The summed E-state index contributed by atoms with van der Waals surface area (Å²) in [5.41, 5.74) is 1.42. The number of hydrogen-bond donors (Lipinski definition) is 0. The molecule has 7 nitrogen and oxygen atoms in total. The van der Waals surface area contributed by atoms with Crippen molar-refractivity contribution in [3.8, 4) is 5.75 Å². The van der Waals surface area contributed by atoms with Gasteiger partial charge in [-0.25, -0.2) is 8.42 Å². The highest BCUT2D eigenvalue weighted by Crippen LogP contribution is 2.38. The van der Waals surface area contributed by atoms with Crippen molar-refractivity contribution >= 4 is 15.9 Å². The zero-order valence-corrected chi connectivity index (χ0v) is 17.0. The lowest BCUT2D eigenvalue weighted by Crippen LogP contribution is -2.48. The zero-order chi connectivity index (χ0) is 20.1. The Hall–Kier alpha value is -2.45. The van der Waals surface area contributed by atoms with Crippen molar-refractivity contribution in [2.24, 2.45) is 0 Å². The Morgan fingerprint density at radius 2 is 1.82 bits per heavy atom. The summed E-state index contributed by atoms with van der Waals surface area (Å²) in [5, 5.41) is 0. The summed E-state index contributed by atoms with van der Waals surface area (Å²) in [5.74, 6) is 0.258. The van der Waals surface area contributed by atoms with Crippen LogP contribution >= 0.6 is 0 Å². The van der Waals surface area contributed by atoms with E-state index in [0.29, 0.717) is 30.8 Å². The molecule has 2 aromatic rings. The van der Waals surface area contributed by atoms with Gasteiger partial charge in [-0.1, -0.05) is 12.1 Å². The first-order chi connectivity index (χ1) is 13.2. The lowest BCUT2D eigenvalue weighted by Gasteiger charge is -2.30. The van der Waals surface area contributed by atoms with Crippen molar-refractivity contribution in [1.29, 1.82) is 0 Å². The lowest BCUT2D eigenvalue weighted by atomic mass is 10.0. The number of carbonyl (C=O) groups is 1. The van der Waals surface area contributed by atoms with Gasteiger partial charge in [0.1, 0.15) is 16.2 Å². The third-order valence-electron chi connectivity index (χ3n) is 5.31. The smallest absolute Gasteiger partial charge is 0.254 e. The first-order valence-corrected chi connectivity index (χ1v) is 10.6. The number of amides is 1. The van der Waals surface area contributed by atoms with Crippen LogP contribution < -0.4 is 4.74 Å². The van der Waals surface area contributed by atoms with E-state index in [1.807, 2.05) is 13.8 Å². The van der Waals surface area contributed by atoms with Crippen LogP contribution in [0.2, 0.25) is 0 Å². The Labute approximate surface area is 165 Å². The summed E-state index contributed by atoms with van der Waals surface area (Å²) in [7, 11) is -2.07. The number of carbonyl (C=O) groups excluding carboxylic acids is 1. The van der Waals surface area contributed by atoms with E-state index in [4.69, 9.17) is 4.74 Å². The Kier molecular flexibility index (Phi) is 4.43. The molecule has 2 aliphatic rings. The first-order valence-electron chi connectivity index (χ1n) is 9.19. The van der Waals surface area contributed by atoms with Crippen molar-refractivity contribution in [1.82, 2.24) is 14.2 Å². The summed E-state index contributed by atoms with van der Waals surface area (Å²) in [4.78, 5) is 19.3. The fourth-order valence-electron chi connectivity index (χ4n) is 4.04. The van der Waals surface area contributed by atoms with E-state index in [9.17, 15) is 13.2 Å². The van der Waals surface area contributed by atoms with Crippen molar-refractivity contribution in [3.63, 3.8) is 0 Å². The Bertz CT molecular complexity index is 1030. The van der Waals surface area contributed by atoms with Crippen LogP contribution in [-0.2, 0) is 10.0 Å². The van der Waals surface area contributed by atoms with Crippen LogP contribution in [0.5, 0.6) is 5.75 Å². The van der Waals surface area contributed by atoms with E-state index in [1.165, 1.54) is 4.31 Å². The van der Waals surface area contributed by atoms with E-state index in [2.05, 4.69) is 4.98 Å². The van der Waals surface area contributed by atoms with Gasteiger partial charge in [0.25, 0.3) is 5.91 Å². The highest BCUT2D eigenvalue weighted by molar-refractivity contribution is 7.89. The minimum atomic E-state index is -3.63. The second-order valence-electron chi connectivity index (χ2n) is 7.61. The number of sulfonamides is 1. The van der Waals surface area contributed by atoms with Crippen molar-refractivity contribution in [3.05, 3.63) is 53.3 Å². The van der Waals surface area contributed by atoms with Gasteiger partial charge in [-0.3, -0.25) is 9.78 Å². The van der Waals surface area contributed by atoms with E-state index >= 15 is 0 Å². The van der Waals surface area contributed by atoms with Gasteiger partial charge in [-0.05, 0) is 38.1 Å². The zero-order valence-electron chi connectivity index (χ0n) is 16.2. The molecule has 1 spiro atoms. The molecule has 0 radical (unpaired) electrons. The molecule has 1 amide bonds. The number of likely N-dealkylation sites (tertiary alicyclic amines) is 1. The number of fused-ring (bicyclic) bond motifs is 1.